The molecule has 0 N–H and O–H groups in total. The number of fused-ring (bicyclic) bond motifs is 1. The molecule has 0 radical (unpaired) electrons. The lowest BCUT2D eigenvalue weighted by molar-refractivity contribution is -0.147. The van der Waals surface area contributed by atoms with Crippen molar-refractivity contribution in [1.29, 1.82) is 0 Å². The Morgan fingerprint density at radius 2 is 1.84 bits per heavy atom. The highest BCUT2D eigenvalue weighted by atomic mass is 19.4. The van der Waals surface area contributed by atoms with E-state index in [4.69, 9.17) is 9.47 Å². The van der Waals surface area contributed by atoms with E-state index >= 15 is 0 Å². The first kappa shape index (κ1) is 25.8. The van der Waals surface area contributed by atoms with Crippen LogP contribution in [-0.4, -0.2) is 34.1 Å². The molecule has 37 heavy (non-hydrogen) atoms. The molecule has 0 aliphatic rings. The average molecular weight is 515 g/mol. The minimum atomic E-state index is -4.52. The van der Waals surface area contributed by atoms with Gasteiger partial charge in [0.05, 0.1) is 23.9 Å². The number of halogens is 4. The second-order valence-electron chi connectivity index (χ2n) is 8.50. The zero-order chi connectivity index (χ0) is 26.8. The summed E-state index contributed by atoms with van der Waals surface area (Å²) in [6.45, 7) is 1.54. The highest BCUT2D eigenvalue weighted by molar-refractivity contribution is 5.84. The Balaban J connectivity index is 1.92. The standard InChI is InChI=1S/C26H21F4N3O4/c1-25(24(35)36-2,13-16-4-3-5-19(27)12-16)21-10-11-31-23-22(20(14-37-15-34)32-33(21)23)17-6-8-18(9-7-17)26(28,29)30/h3-12,15H,13-14H2,1-2H3. The molecule has 11 heteroatoms. The van der Waals surface area contributed by atoms with Crippen LogP contribution in [0.4, 0.5) is 17.6 Å². The molecule has 1 atom stereocenters. The van der Waals surface area contributed by atoms with E-state index in [1.165, 1.54) is 48.2 Å². The second kappa shape index (κ2) is 10.00. The number of esters is 1. The van der Waals surface area contributed by atoms with Crippen LogP contribution in [0.3, 0.4) is 0 Å². The van der Waals surface area contributed by atoms with Gasteiger partial charge >= 0.3 is 12.1 Å². The number of methoxy groups -OCH3 is 1. The van der Waals surface area contributed by atoms with Crippen LogP contribution < -0.4 is 0 Å². The Morgan fingerprint density at radius 3 is 2.46 bits per heavy atom. The zero-order valence-corrected chi connectivity index (χ0v) is 19.8. The molecule has 0 saturated heterocycles. The summed E-state index contributed by atoms with van der Waals surface area (Å²) in [5.41, 5.74) is -0.231. The number of ether oxygens (including phenoxy) is 2. The van der Waals surface area contributed by atoms with Gasteiger partial charge in [-0.25, -0.2) is 13.9 Å². The maximum absolute atomic E-state index is 13.9. The molecule has 0 bridgehead atoms. The number of benzene rings is 2. The third-order valence-corrected chi connectivity index (χ3v) is 6.03. The van der Waals surface area contributed by atoms with E-state index < -0.39 is 28.9 Å². The third-order valence-electron chi connectivity index (χ3n) is 6.03. The maximum atomic E-state index is 13.9. The van der Waals surface area contributed by atoms with Gasteiger partial charge in [-0.2, -0.15) is 18.3 Å². The molecule has 192 valence electrons. The molecular weight excluding hydrogens is 494 g/mol. The van der Waals surface area contributed by atoms with Gasteiger partial charge in [0.15, 0.2) is 5.65 Å². The minimum absolute atomic E-state index is 0.0478. The number of aromatic nitrogens is 3. The number of hydrogen-bond donors (Lipinski definition) is 0. The number of nitrogens with zero attached hydrogens (tertiary/aromatic N) is 3. The van der Waals surface area contributed by atoms with Gasteiger partial charge < -0.3 is 9.47 Å². The van der Waals surface area contributed by atoms with E-state index in [9.17, 15) is 27.2 Å². The minimum Gasteiger partial charge on any atom is -0.468 e. The van der Waals surface area contributed by atoms with Crippen LogP contribution in [-0.2, 0) is 43.7 Å². The fourth-order valence-corrected chi connectivity index (χ4v) is 4.29. The van der Waals surface area contributed by atoms with Crippen LogP contribution in [0.2, 0.25) is 0 Å². The van der Waals surface area contributed by atoms with Gasteiger partial charge in [-0.05, 0) is 54.8 Å². The maximum Gasteiger partial charge on any atom is 0.416 e. The Hall–Kier alpha value is -4.28. The molecule has 4 rings (SSSR count). The molecule has 2 heterocycles. The Morgan fingerprint density at radius 1 is 1.11 bits per heavy atom. The zero-order valence-electron chi connectivity index (χ0n) is 19.8. The lowest BCUT2D eigenvalue weighted by atomic mass is 9.80. The normalized spacial score (nSPS) is 13.2. The smallest absolute Gasteiger partial charge is 0.416 e. The fraction of sp³-hybridized carbons (Fsp3) is 0.231. The van der Waals surface area contributed by atoms with Crippen molar-refractivity contribution in [1.82, 2.24) is 14.6 Å². The molecule has 0 amide bonds. The van der Waals surface area contributed by atoms with Crippen molar-refractivity contribution in [3.05, 3.63) is 89.1 Å². The number of alkyl halides is 3. The lowest BCUT2D eigenvalue weighted by Gasteiger charge is -2.27. The summed E-state index contributed by atoms with van der Waals surface area (Å²) in [5.74, 6) is -1.09. The van der Waals surface area contributed by atoms with Gasteiger partial charge in [-0.3, -0.25) is 9.59 Å². The van der Waals surface area contributed by atoms with Crippen molar-refractivity contribution < 1.29 is 36.6 Å². The molecule has 0 spiro atoms. The lowest BCUT2D eigenvalue weighted by Crippen LogP contribution is -2.38. The number of hydrogen-bond acceptors (Lipinski definition) is 6. The van der Waals surface area contributed by atoms with Gasteiger partial charge in [0.1, 0.15) is 23.5 Å². The van der Waals surface area contributed by atoms with Gasteiger partial charge in [0.2, 0.25) is 0 Å². The van der Waals surface area contributed by atoms with Gasteiger partial charge in [-0.15, -0.1) is 0 Å². The van der Waals surface area contributed by atoms with Crippen LogP contribution in [0.5, 0.6) is 0 Å². The van der Waals surface area contributed by atoms with Crippen LogP contribution in [0.15, 0.2) is 60.8 Å². The highest BCUT2D eigenvalue weighted by Gasteiger charge is 2.40. The van der Waals surface area contributed by atoms with Crippen molar-refractivity contribution in [2.24, 2.45) is 0 Å². The molecule has 1 unspecified atom stereocenters. The Bertz CT molecular complexity index is 1450. The van der Waals surface area contributed by atoms with E-state index in [2.05, 4.69) is 10.1 Å². The molecule has 0 saturated carbocycles. The van der Waals surface area contributed by atoms with E-state index in [0.29, 0.717) is 22.4 Å². The van der Waals surface area contributed by atoms with E-state index in [1.807, 2.05) is 0 Å². The summed E-state index contributed by atoms with van der Waals surface area (Å²) in [5, 5.41) is 4.51. The first-order valence-electron chi connectivity index (χ1n) is 11.0. The van der Waals surface area contributed by atoms with Crippen LogP contribution in [0.1, 0.15) is 29.4 Å². The van der Waals surface area contributed by atoms with Crippen molar-refractivity contribution in [3.8, 4) is 11.1 Å². The molecule has 0 aliphatic carbocycles. The number of rotatable bonds is 8. The van der Waals surface area contributed by atoms with Crippen LogP contribution >= 0.6 is 0 Å². The molecule has 0 fully saturated rings. The van der Waals surface area contributed by atoms with Crippen molar-refractivity contribution in [3.63, 3.8) is 0 Å². The first-order valence-corrected chi connectivity index (χ1v) is 11.0. The molecule has 4 aromatic rings. The molecule has 0 aliphatic heterocycles. The quantitative estimate of drug-likeness (QED) is 0.189. The fourth-order valence-electron chi connectivity index (χ4n) is 4.29. The Kier molecular flexibility index (Phi) is 6.97. The SMILES string of the molecule is COC(=O)C(C)(Cc1cccc(F)c1)c1ccnc2c(-c3ccc(C(F)(F)F)cc3)c(COC=O)nn12. The summed E-state index contributed by atoms with van der Waals surface area (Å²) in [7, 11) is 1.23. The van der Waals surface area contributed by atoms with E-state index in [0.717, 1.165) is 12.1 Å². The summed E-state index contributed by atoms with van der Waals surface area (Å²) >= 11 is 0. The van der Waals surface area contributed by atoms with Crippen molar-refractivity contribution in [2.45, 2.75) is 31.5 Å². The van der Waals surface area contributed by atoms with Gasteiger partial charge in [-0.1, -0.05) is 24.3 Å². The largest absolute Gasteiger partial charge is 0.468 e. The summed E-state index contributed by atoms with van der Waals surface area (Å²) in [4.78, 5) is 28.3. The summed E-state index contributed by atoms with van der Waals surface area (Å²) in [6.07, 6.45) is -3.04. The molecule has 2 aromatic heterocycles. The summed E-state index contributed by atoms with van der Waals surface area (Å²) in [6, 6.07) is 11.7. The number of carbonyl (C=O) groups is 2. The highest BCUT2D eigenvalue weighted by Crippen LogP contribution is 2.36. The molecular formula is C26H21F4N3O4. The first-order chi connectivity index (χ1) is 17.6. The van der Waals surface area contributed by atoms with Crippen molar-refractivity contribution in [2.75, 3.05) is 7.11 Å². The monoisotopic (exact) mass is 515 g/mol. The van der Waals surface area contributed by atoms with Gasteiger partial charge in [0.25, 0.3) is 6.47 Å². The molecule has 2 aromatic carbocycles. The van der Waals surface area contributed by atoms with Crippen molar-refractivity contribution >= 4 is 18.1 Å². The predicted molar refractivity (Wildman–Crippen MR) is 124 cm³/mol. The van der Waals surface area contributed by atoms with Gasteiger partial charge in [0, 0.05) is 6.20 Å². The van der Waals surface area contributed by atoms with Crippen LogP contribution in [0, 0.1) is 5.82 Å². The number of carbonyl (C=O) groups excluding carboxylic acids is 2. The van der Waals surface area contributed by atoms with Crippen LogP contribution in [0.25, 0.3) is 16.8 Å². The van der Waals surface area contributed by atoms with E-state index in [-0.39, 0.29) is 30.8 Å². The summed E-state index contributed by atoms with van der Waals surface area (Å²) < 4.78 is 64.5. The average Bonchev–Trinajstić information content (AvgIpc) is 3.24. The second-order valence-corrected chi connectivity index (χ2v) is 8.50. The Labute approximate surface area is 208 Å². The third kappa shape index (κ3) is 5.02. The molecule has 7 nitrogen and oxygen atoms in total. The van der Waals surface area contributed by atoms with E-state index in [1.54, 1.807) is 19.1 Å². The predicted octanol–water partition coefficient (Wildman–Crippen LogP) is 4.90. The topological polar surface area (TPSA) is 82.8 Å².